The lowest BCUT2D eigenvalue weighted by molar-refractivity contribution is -0.137. The van der Waals surface area contributed by atoms with Crippen LogP contribution in [0.1, 0.15) is 41.6 Å². The Hall–Kier alpha value is -2.73. The van der Waals surface area contributed by atoms with E-state index in [1.165, 1.54) is 6.20 Å². The number of benzene rings is 2. The van der Waals surface area contributed by atoms with E-state index in [1.54, 1.807) is 42.5 Å². The van der Waals surface area contributed by atoms with Gasteiger partial charge in [0.2, 0.25) is 0 Å². The molecule has 1 aliphatic carbocycles. The molecule has 5 nitrogen and oxygen atoms in total. The van der Waals surface area contributed by atoms with Gasteiger partial charge in [-0.25, -0.2) is 9.18 Å². The largest absolute Gasteiger partial charge is 0.416 e. The fraction of sp³-hybridized carbons (Fsp3) is 0.308. The number of aliphatic hydroxyl groups excluding tert-OH is 1. The Morgan fingerprint density at radius 2 is 1.78 bits per heavy atom. The van der Waals surface area contributed by atoms with Crippen LogP contribution in [0.2, 0.25) is 0 Å². The fourth-order valence-corrected chi connectivity index (χ4v) is 4.87. The molecule has 10 heteroatoms. The zero-order valence-corrected chi connectivity index (χ0v) is 21.2. The maximum Gasteiger partial charge on any atom is 0.416 e. The lowest BCUT2D eigenvalue weighted by atomic mass is 9.79. The number of alkyl halides is 3. The Morgan fingerprint density at radius 1 is 1.06 bits per heavy atom. The minimum Gasteiger partial charge on any atom is -0.393 e. The van der Waals surface area contributed by atoms with Crippen LogP contribution in [0.25, 0.3) is 0 Å². The Labute approximate surface area is 219 Å². The summed E-state index contributed by atoms with van der Waals surface area (Å²) in [5.41, 5.74) is -1.93. The number of nitrogens with one attached hydrogen (secondary N) is 2. The quantitative estimate of drug-likeness (QED) is 0.253. The second-order valence-corrected chi connectivity index (χ2v) is 10.2. The number of aliphatic hydroxyl groups is 1. The lowest BCUT2D eigenvalue weighted by Gasteiger charge is -2.36. The van der Waals surface area contributed by atoms with Crippen LogP contribution in [0, 0.1) is 9.39 Å². The Morgan fingerprint density at radius 3 is 2.39 bits per heavy atom. The summed E-state index contributed by atoms with van der Waals surface area (Å²) in [4.78, 5) is 17.7. The van der Waals surface area contributed by atoms with E-state index in [0.717, 1.165) is 15.7 Å². The molecule has 4 rings (SSSR count). The Bertz CT molecular complexity index is 1210. The highest BCUT2D eigenvalue weighted by Crippen LogP contribution is 2.38. The third-order valence-electron chi connectivity index (χ3n) is 6.26. The van der Waals surface area contributed by atoms with Crippen LogP contribution in [0.15, 0.2) is 66.9 Å². The molecule has 3 atom stereocenters. The number of carbonyl (C=O) groups excluding carboxylic acids is 1. The first kappa shape index (κ1) is 26.3. The summed E-state index contributed by atoms with van der Waals surface area (Å²) in [6.45, 7) is 0. The van der Waals surface area contributed by atoms with Gasteiger partial charge in [0.1, 0.15) is 11.4 Å². The van der Waals surface area contributed by atoms with E-state index in [2.05, 4.69) is 15.6 Å². The topological polar surface area (TPSA) is 74.2 Å². The molecule has 190 valence electrons. The van der Waals surface area contributed by atoms with Crippen LogP contribution in [0.4, 0.5) is 22.4 Å². The van der Waals surface area contributed by atoms with Gasteiger partial charge in [0.25, 0.3) is 0 Å². The van der Waals surface area contributed by atoms with E-state index in [1.807, 2.05) is 22.6 Å². The van der Waals surface area contributed by atoms with Crippen molar-refractivity contribution in [2.75, 3.05) is 0 Å². The first-order chi connectivity index (χ1) is 17.0. The highest BCUT2D eigenvalue weighted by molar-refractivity contribution is 14.1. The molecule has 0 bridgehead atoms. The predicted octanol–water partition coefficient (Wildman–Crippen LogP) is 5.54. The number of pyridine rings is 1. The van der Waals surface area contributed by atoms with Crippen LogP contribution in [-0.2, 0) is 18.1 Å². The number of nitrogens with zero attached hydrogens (tertiary/aromatic N) is 1. The molecule has 1 heterocycles. The average Bonchev–Trinajstić information content (AvgIpc) is 3.23. The van der Waals surface area contributed by atoms with Gasteiger partial charge >= 0.3 is 12.2 Å². The van der Waals surface area contributed by atoms with Crippen LogP contribution in [-0.4, -0.2) is 28.3 Å². The van der Waals surface area contributed by atoms with E-state index in [9.17, 15) is 27.5 Å². The molecule has 0 radical (unpaired) electrons. The number of rotatable bonds is 6. The molecular formula is C26H24F4IN3O2. The van der Waals surface area contributed by atoms with Crippen LogP contribution in [0.5, 0.6) is 0 Å². The Kier molecular flexibility index (Phi) is 7.84. The van der Waals surface area contributed by atoms with E-state index < -0.39 is 35.2 Å². The number of hydrogen-bond donors (Lipinski definition) is 3. The normalized spacial score (nSPS) is 19.5. The molecule has 2 aromatic carbocycles. The number of halogens is 5. The summed E-state index contributed by atoms with van der Waals surface area (Å²) in [6.07, 6.45) is -2.29. The van der Waals surface area contributed by atoms with Gasteiger partial charge in [0.05, 0.1) is 17.4 Å². The second-order valence-electron chi connectivity index (χ2n) is 8.92. The molecule has 1 aliphatic rings. The molecule has 1 aromatic heterocycles. The maximum atomic E-state index is 14.6. The van der Waals surface area contributed by atoms with Gasteiger partial charge in [-0.05, 0) is 83.3 Å². The molecule has 0 unspecified atom stereocenters. The third-order valence-corrected chi connectivity index (χ3v) is 6.90. The molecule has 36 heavy (non-hydrogen) atoms. The monoisotopic (exact) mass is 613 g/mol. The predicted molar refractivity (Wildman–Crippen MR) is 135 cm³/mol. The minimum absolute atomic E-state index is 0.0168. The lowest BCUT2D eigenvalue weighted by Crippen LogP contribution is -2.54. The van der Waals surface area contributed by atoms with Crippen molar-refractivity contribution in [1.82, 2.24) is 15.6 Å². The second kappa shape index (κ2) is 10.7. The SMILES string of the molecule is O=C(N[C@@H]1CC[C@@H](O)C1)N[C@@](Cc1ccccc1)(c1cc(F)cc(C(F)(F)F)c1)c1ccc(I)cn1. The first-order valence-electron chi connectivity index (χ1n) is 11.4. The van der Waals surface area contributed by atoms with E-state index in [-0.39, 0.29) is 23.7 Å². The number of aromatic nitrogens is 1. The van der Waals surface area contributed by atoms with E-state index >= 15 is 0 Å². The van der Waals surface area contributed by atoms with Crippen LogP contribution < -0.4 is 10.6 Å². The van der Waals surface area contributed by atoms with Gasteiger partial charge in [-0.3, -0.25) is 4.98 Å². The number of urea groups is 1. The van der Waals surface area contributed by atoms with Crippen LogP contribution >= 0.6 is 22.6 Å². The van der Waals surface area contributed by atoms with Crippen molar-refractivity contribution in [3.05, 3.63) is 98.6 Å². The number of hydrogen-bond acceptors (Lipinski definition) is 3. The van der Waals surface area contributed by atoms with Crippen molar-refractivity contribution in [2.24, 2.45) is 0 Å². The standard InChI is InChI=1S/C26H24F4IN3O2/c27-19-11-17(10-18(12-19)26(28,29)30)25(14-16-4-2-1-3-5-16,23-9-6-20(31)15-32-23)34-24(36)33-21-7-8-22(35)13-21/h1-6,9-12,15,21-22,35H,7-8,13-14H2,(H2,33,34,36)/t21-,22-,25+/m1/s1. The summed E-state index contributed by atoms with van der Waals surface area (Å²) in [5, 5.41) is 15.5. The Balaban J connectivity index is 1.87. The average molecular weight is 613 g/mol. The highest BCUT2D eigenvalue weighted by atomic mass is 127. The number of carbonyl (C=O) groups is 1. The maximum absolute atomic E-state index is 14.6. The summed E-state index contributed by atoms with van der Waals surface area (Å²) in [6, 6.07) is 13.6. The van der Waals surface area contributed by atoms with Crippen molar-refractivity contribution < 1.29 is 27.5 Å². The van der Waals surface area contributed by atoms with Crippen molar-refractivity contribution >= 4 is 28.6 Å². The molecule has 3 N–H and O–H groups in total. The van der Waals surface area contributed by atoms with E-state index in [4.69, 9.17) is 0 Å². The van der Waals surface area contributed by atoms with E-state index in [0.29, 0.717) is 30.9 Å². The molecule has 0 aliphatic heterocycles. The van der Waals surface area contributed by atoms with Gasteiger partial charge in [0.15, 0.2) is 0 Å². The molecule has 3 aromatic rings. The molecule has 0 saturated heterocycles. The fourth-order valence-electron chi connectivity index (χ4n) is 4.56. The van der Waals surface area contributed by atoms with Crippen LogP contribution in [0.3, 0.4) is 0 Å². The van der Waals surface area contributed by atoms with Crippen molar-refractivity contribution in [3.8, 4) is 0 Å². The molecule has 0 spiro atoms. The van der Waals surface area contributed by atoms with Gasteiger partial charge in [-0.2, -0.15) is 13.2 Å². The summed E-state index contributed by atoms with van der Waals surface area (Å²) >= 11 is 2.05. The smallest absolute Gasteiger partial charge is 0.393 e. The van der Waals surface area contributed by atoms with Crippen molar-refractivity contribution in [3.63, 3.8) is 0 Å². The van der Waals surface area contributed by atoms with Gasteiger partial charge in [-0.15, -0.1) is 0 Å². The highest BCUT2D eigenvalue weighted by Gasteiger charge is 2.41. The minimum atomic E-state index is -4.79. The number of amides is 2. The summed E-state index contributed by atoms with van der Waals surface area (Å²) in [5.74, 6) is -1.08. The van der Waals surface area contributed by atoms with Gasteiger partial charge < -0.3 is 15.7 Å². The summed E-state index contributed by atoms with van der Waals surface area (Å²) in [7, 11) is 0. The zero-order valence-electron chi connectivity index (χ0n) is 19.0. The summed E-state index contributed by atoms with van der Waals surface area (Å²) < 4.78 is 56.5. The van der Waals surface area contributed by atoms with Gasteiger partial charge in [0, 0.05) is 22.2 Å². The zero-order chi connectivity index (χ0) is 25.9. The molecule has 1 fully saturated rings. The van der Waals surface area contributed by atoms with Crippen molar-refractivity contribution in [2.45, 2.75) is 49.5 Å². The molecule has 1 saturated carbocycles. The van der Waals surface area contributed by atoms with Crippen molar-refractivity contribution in [1.29, 1.82) is 0 Å². The molecular weight excluding hydrogens is 589 g/mol. The third kappa shape index (κ3) is 6.15. The first-order valence-corrected chi connectivity index (χ1v) is 12.4. The molecule has 2 amide bonds. The van der Waals surface area contributed by atoms with Gasteiger partial charge in [-0.1, -0.05) is 30.3 Å².